The van der Waals surface area contributed by atoms with Crippen LogP contribution in [-0.4, -0.2) is 92.2 Å². The lowest BCUT2D eigenvalue weighted by atomic mass is 10.7. The van der Waals surface area contributed by atoms with Gasteiger partial charge in [-0.2, -0.15) is 0 Å². The molecule has 0 aromatic carbocycles. The highest BCUT2D eigenvalue weighted by atomic mass is 16.7. The molecule has 0 spiro atoms. The number of carbonyl (C=O) groups excluding carboxylic acids is 1. The molecule has 1 saturated heterocycles. The highest BCUT2D eigenvalue weighted by molar-refractivity contribution is 5.45. The number of nitro groups is 4. The van der Waals surface area contributed by atoms with Crippen molar-refractivity contribution in [3.8, 4) is 0 Å². The van der Waals surface area contributed by atoms with Gasteiger partial charge in [-0.05, 0) is 0 Å². The number of hydrogen-bond acceptors (Lipinski definition) is 9. The van der Waals surface area contributed by atoms with Gasteiger partial charge < -0.3 is 4.90 Å². The van der Waals surface area contributed by atoms with E-state index in [1.165, 1.54) is 4.90 Å². The van der Waals surface area contributed by atoms with Crippen LogP contribution in [0.15, 0.2) is 0 Å². The second kappa shape index (κ2) is 9.42. The molecule has 142 valence electrons. The smallest absolute Gasteiger partial charge is 0.212 e. The first-order chi connectivity index (χ1) is 11.5. The Kier molecular flexibility index (Phi) is 8.01. The average molecular weight is 369 g/mol. The molecule has 1 fully saturated rings. The molecule has 18 nitrogen and oxygen atoms in total. The lowest BCUT2D eigenvalue weighted by molar-refractivity contribution is -0.775. The molecular formula is C7H15N9O9. The fraction of sp³-hybridized carbons (Fsp3) is 0.857. The van der Waals surface area contributed by atoms with Crippen molar-refractivity contribution in [1.82, 2.24) is 24.9 Å². The van der Waals surface area contributed by atoms with Gasteiger partial charge in [-0.15, -0.1) is 0 Å². The van der Waals surface area contributed by atoms with E-state index >= 15 is 0 Å². The van der Waals surface area contributed by atoms with Crippen LogP contribution in [0.4, 0.5) is 0 Å². The van der Waals surface area contributed by atoms with Gasteiger partial charge in [0.15, 0.2) is 20.1 Å². The Hall–Kier alpha value is -3.73. The van der Waals surface area contributed by atoms with Gasteiger partial charge in [-0.3, -0.25) is 4.79 Å². The van der Waals surface area contributed by atoms with Crippen LogP contribution in [0.1, 0.15) is 0 Å². The zero-order chi connectivity index (χ0) is 19.7. The van der Waals surface area contributed by atoms with Crippen LogP contribution in [0.5, 0.6) is 0 Å². The van der Waals surface area contributed by atoms with Crippen LogP contribution < -0.4 is 0 Å². The Morgan fingerprint density at radius 1 is 0.680 bits per heavy atom. The standard InChI is InChI=1S/C4H8N8O8.C3H7NO/c13-9(14)5-1-6(10(15)16)3-8(12(19)20)4-7(2-5)11(17)18;1-4(2)3-5/h1-4H2;3H,1-2H3. The molecule has 0 aromatic rings. The van der Waals surface area contributed by atoms with Crippen LogP contribution in [0, 0.1) is 40.5 Å². The molecule has 1 aliphatic rings. The van der Waals surface area contributed by atoms with Gasteiger partial charge >= 0.3 is 0 Å². The molecule has 1 aliphatic heterocycles. The molecule has 18 heteroatoms. The van der Waals surface area contributed by atoms with Crippen molar-refractivity contribution >= 4 is 6.41 Å². The van der Waals surface area contributed by atoms with Gasteiger partial charge in [0, 0.05) is 14.1 Å². The minimum absolute atomic E-state index is 0.197. The fourth-order valence-electron chi connectivity index (χ4n) is 1.35. The molecule has 0 saturated carbocycles. The maximum absolute atomic E-state index is 10.7. The van der Waals surface area contributed by atoms with Gasteiger partial charge in [-0.25, -0.2) is 40.5 Å². The van der Waals surface area contributed by atoms with Gasteiger partial charge in [0.05, 0.1) is 0 Å². The van der Waals surface area contributed by atoms with Crippen molar-refractivity contribution < 1.29 is 24.9 Å². The van der Waals surface area contributed by atoms with E-state index in [1.807, 2.05) is 0 Å². The van der Waals surface area contributed by atoms with Gasteiger partial charge in [0.1, 0.15) is 0 Å². The predicted octanol–water partition coefficient (Wildman–Crippen LogP) is -2.49. The maximum Gasteiger partial charge on any atom is 0.212 e. The summed E-state index contributed by atoms with van der Waals surface area (Å²) in [4.78, 5) is 53.5. The molecule has 1 amide bonds. The molecule has 1 rings (SSSR count). The predicted molar refractivity (Wildman–Crippen MR) is 74.6 cm³/mol. The van der Waals surface area contributed by atoms with Crippen LogP contribution in [0.3, 0.4) is 0 Å². The third kappa shape index (κ3) is 7.38. The maximum atomic E-state index is 10.7. The van der Waals surface area contributed by atoms with Crippen molar-refractivity contribution in [1.29, 1.82) is 0 Å². The van der Waals surface area contributed by atoms with E-state index in [0.29, 0.717) is 0 Å². The summed E-state index contributed by atoms with van der Waals surface area (Å²) < 4.78 is 0. The normalized spacial score (nSPS) is 14.5. The van der Waals surface area contributed by atoms with Crippen molar-refractivity contribution in [2.24, 2.45) is 0 Å². The second-order valence-corrected chi connectivity index (χ2v) is 4.61. The minimum Gasteiger partial charge on any atom is -0.351 e. The lowest BCUT2D eigenvalue weighted by Crippen LogP contribution is -2.59. The number of hydrazine groups is 4. The number of nitrogens with zero attached hydrogens (tertiary/aromatic N) is 9. The average Bonchev–Trinajstić information content (AvgIpc) is 2.46. The molecule has 0 bridgehead atoms. The van der Waals surface area contributed by atoms with E-state index in [4.69, 9.17) is 0 Å². The van der Waals surface area contributed by atoms with E-state index in [9.17, 15) is 45.3 Å². The largest absolute Gasteiger partial charge is 0.351 e. The Labute approximate surface area is 138 Å². The third-order valence-corrected chi connectivity index (χ3v) is 2.44. The van der Waals surface area contributed by atoms with Crippen LogP contribution in [0.2, 0.25) is 0 Å². The SMILES string of the molecule is CN(C)C=O.O=[N+]([O-])N1CN([N+](=O)[O-])CN([N+](=O)[O-])CN([N+](=O)[O-])C1. The Balaban J connectivity index is 0.00000101. The van der Waals surface area contributed by atoms with E-state index in [2.05, 4.69) is 0 Å². The quantitative estimate of drug-likeness (QED) is 0.279. The Morgan fingerprint density at radius 3 is 0.920 bits per heavy atom. The molecule has 0 aliphatic carbocycles. The molecule has 0 aromatic heterocycles. The van der Waals surface area contributed by atoms with E-state index in [1.54, 1.807) is 14.1 Å². The van der Waals surface area contributed by atoms with Gasteiger partial charge in [0.2, 0.25) is 33.1 Å². The number of carbonyl (C=O) groups is 1. The van der Waals surface area contributed by atoms with Crippen LogP contribution >= 0.6 is 0 Å². The Bertz CT molecular complexity index is 440. The first kappa shape index (κ1) is 21.3. The second-order valence-electron chi connectivity index (χ2n) is 4.61. The summed E-state index contributed by atoms with van der Waals surface area (Å²) in [6.45, 7) is -3.80. The third-order valence-electron chi connectivity index (χ3n) is 2.44. The summed E-state index contributed by atoms with van der Waals surface area (Å²) in [6, 6.07) is 0. The van der Waals surface area contributed by atoms with Gasteiger partial charge in [-0.1, -0.05) is 20.0 Å². The molecule has 25 heavy (non-hydrogen) atoms. The minimum atomic E-state index is -1.06. The first-order valence-electron chi connectivity index (χ1n) is 6.18. The van der Waals surface area contributed by atoms with Crippen molar-refractivity contribution in [3.05, 3.63) is 40.5 Å². The summed E-state index contributed by atoms with van der Waals surface area (Å²) >= 11 is 0. The summed E-state index contributed by atoms with van der Waals surface area (Å²) in [5, 5.41) is 39.2. The summed E-state index contributed by atoms with van der Waals surface area (Å²) in [6.07, 6.45) is 0.750. The lowest BCUT2D eigenvalue weighted by Gasteiger charge is -2.27. The topological polar surface area (TPSA) is 206 Å². The highest BCUT2D eigenvalue weighted by Crippen LogP contribution is 2.07. The number of hydrogen-bond donors (Lipinski definition) is 0. The zero-order valence-corrected chi connectivity index (χ0v) is 13.1. The number of amides is 1. The van der Waals surface area contributed by atoms with Crippen LogP contribution in [0.25, 0.3) is 0 Å². The zero-order valence-electron chi connectivity index (χ0n) is 13.1. The van der Waals surface area contributed by atoms with Crippen molar-refractivity contribution in [2.75, 3.05) is 40.8 Å². The van der Waals surface area contributed by atoms with E-state index < -0.39 is 46.8 Å². The van der Waals surface area contributed by atoms with Crippen molar-refractivity contribution in [3.63, 3.8) is 0 Å². The molecule has 0 atom stereocenters. The van der Waals surface area contributed by atoms with E-state index in [0.717, 1.165) is 6.41 Å². The first-order valence-corrected chi connectivity index (χ1v) is 6.18. The summed E-state index contributed by atoms with van der Waals surface area (Å²) in [7, 11) is 3.38. The molecule has 0 unspecified atom stereocenters. The number of rotatable bonds is 5. The summed E-state index contributed by atoms with van der Waals surface area (Å²) in [5.41, 5.74) is 0. The van der Waals surface area contributed by atoms with Crippen LogP contribution in [-0.2, 0) is 4.79 Å². The molecule has 1 heterocycles. The van der Waals surface area contributed by atoms with E-state index in [-0.39, 0.29) is 20.0 Å². The molecule has 0 radical (unpaired) electrons. The van der Waals surface area contributed by atoms with Crippen molar-refractivity contribution in [2.45, 2.75) is 0 Å². The fourth-order valence-corrected chi connectivity index (χ4v) is 1.35. The monoisotopic (exact) mass is 369 g/mol. The van der Waals surface area contributed by atoms with Gasteiger partial charge in [0.25, 0.3) is 0 Å². The summed E-state index contributed by atoms with van der Waals surface area (Å²) in [5.74, 6) is 0. The highest BCUT2D eigenvalue weighted by Gasteiger charge is 2.39. The molecule has 0 N–H and O–H groups in total. The Morgan fingerprint density at radius 2 is 0.840 bits per heavy atom. The molecular weight excluding hydrogens is 354 g/mol.